The number of para-hydroxylation sites is 2. The zero-order chi connectivity index (χ0) is 20.8. The van der Waals surface area contributed by atoms with Crippen molar-refractivity contribution >= 4 is 5.91 Å². The number of methoxy groups -OCH3 is 1. The molecule has 0 saturated heterocycles. The lowest BCUT2D eigenvalue weighted by molar-refractivity contribution is -0.136. The summed E-state index contributed by atoms with van der Waals surface area (Å²) in [4.78, 5) is 18.8. The fourth-order valence-corrected chi connectivity index (χ4v) is 2.89. The molecule has 0 N–H and O–H groups in total. The van der Waals surface area contributed by atoms with Crippen LogP contribution >= 0.6 is 0 Å². The molecule has 0 bridgehead atoms. The highest BCUT2D eigenvalue weighted by atomic mass is 16.5. The van der Waals surface area contributed by atoms with Crippen LogP contribution in [-0.2, 0) is 11.3 Å². The molecule has 0 unspecified atom stereocenters. The quantitative estimate of drug-likeness (QED) is 0.576. The molecule has 3 aromatic rings. The normalized spacial score (nSPS) is 10.8. The van der Waals surface area contributed by atoms with E-state index in [0.29, 0.717) is 23.2 Å². The van der Waals surface area contributed by atoms with Gasteiger partial charge in [-0.2, -0.15) is 4.98 Å². The lowest BCUT2D eigenvalue weighted by Crippen LogP contribution is -2.39. The minimum Gasteiger partial charge on any atom is -0.493 e. The van der Waals surface area contributed by atoms with Gasteiger partial charge < -0.3 is 18.9 Å². The number of carbonyl (C=O) groups excluding carboxylic acids is 1. The van der Waals surface area contributed by atoms with Gasteiger partial charge >= 0.3 is 0 Å². The van der Waals surface area contributed by atoms with E-state index in [-0.39, 0.29) is 25.1 Å². The van der Waals surface area contributed by atoms with E-state index in [9.17, 15) is 4.79 Å². The monoisotopic (exact) mass is 395 g/mol. The maximum atomic E-state index is 12.8. The molecule has 7 nitrogen and oxygen atoms in total. The fraction of sp³-hybridized carbons (Fsp3) is 0.318. The Morgan fingerprint density at radius 3 is 2.59 bits per heavy atom. The van der Waals surface area contributed by atoms with E-state index >= 15 is 0 Å². The molecule has 0 fully saturated rings. The minimum atomic E-state index is -0.179. The summed E-state index contributed by atoms with van der Waals surface area (Å²) in [5, 5.41) is 4.04. The first-order valence-corrected chi connectivity index (χ1v) is 9.43. The molecule has 7 heteroatoms. The number of amides is 1. The Morgan fingerprint density at radius 1 is 1.14 bits per heavy atom. The molecule has 3 rings (SSSR count). The molecule has 0 aliphatic heterocycles. The molecule has 0 aliphatic rings. The van der Waals surface area contributed by atoms with Gasteiger partial charge in [0.2, 0.25) is 11.7 Å². The van der Waals surface area contributed by atoms with Gasteiger partial charge in [-0.3, -0.25) is 4.79 Å². The van der Waals surface area contributed by atoms with Crippen molar-refractivity contribution in [3.63, 3.8) is 0 Å². The van der Waals surface area contributed by atoms with Crippen molar-refractivity contribution < 1.29 is 18.8 Å². The van der Waals surface area contributed by atoms with Gasteiger partial charge in [-0.15, -0.1) is 0 Å². The van der Waals surface area contributed by atoms with Crippen molar-refractivity contribution in [3.05, 3.63) is 60.0 Å². The number of hydrogen-bond donors (Lipinski definition) is 0. The van der Waals surface area contributed by atoms with Crippen LogP contribution in [0.1, 0.15) is 25.3 Å². The van der Waals surface area contributed by atoms with Crippen molar-refractivity contribution in [2.24, 2.45) is 0 Å². The van der Waals surface area contributed by atoms with Crippen molar-refractivity contribution in [1.29, 1.82) is 0 Å². The van der Waals surface area contributed by atoms with Gasteiger partial charge in [0.1, 0.15) is 6.54 Å². The van der Waals surface area contributed by atoms with Crippen molar-refractivity contribution in [1.82, 2.24) is 15.0 Å². The van der Waals surface area contributed by atoms with Crippen molar-refractivity contribution in [2.75, 3.05) is 13.7 Å². The summed E-state index contributed by atoms with van der Waals surface area (Å²) in [6, 6.07) is 15.0. The Kier molecular flexibility index (Phi) is 6.49. The Bertz CT molecular complexity index is 968. The van der Waals surface area contributed by atoms with E-state index in [2.05, 4.69) is 10.1 Å². The van der Waals surface area contributed by atoms with Crippen LogP contribution in [0.25, 0.3) is 11.4 Å². The van der Waals surface area contributed by atoms with Gasteiger partial charge in [0.05, 0.1) is 7.11 Å². The van der Waals surface area contributed by atoms with Crippen LogP contribution in [0, 0.1) is 6.92 Å². The van der Waals surface area contributed by atoms with Gasteiger partial charge in [0, 0.05) is 11.6 Å². The van der Waals surface area contributed by atoms with E-state index in [4.69, 9.17) is 14.0 Å². The van der Waals surface area contributed by atoms with E-state index in [1.165, 1.54) is 0 Å². The number of rotatable bonds is 8. The molecule has 0 atom stereocenters. The van der Waals surface area contributed by atoms with E-state index < -0.39 is 0 Å². The van der Waals surface area contributed by atoms with Crippen LogP contribution in [0.2, 0.25) is 0 Å². The molecule has 1 aromatic heterocycles. The number of benzene rings is 2. The van der Waals surface area contributed by atoms with Crippen molar-refractivity contribution in [3.8, 4) is 22.9 Å². The first-order valence-electron chi connectivity index (χ1n) is 9.43. The van der Waals surface area contributed by atoms with Crippen LogP contribution in [0.4, 0.5) is 0 Å². The summed E-state index contributed by atoms with van der Waals surface area (Å²) >= 11 is 0. The van der Waals surface area contributed by atoms with E-state index in [0.717, 1.165) is 11.1 Å². The smallest absolute Gasteiger partial charge is 0.261 e. The average Bonchev–Trinajstić information content (AvgIpc) is 3.19. The first kappa shape index (κ1) is 20.4. The Balaban J connectivity index is 1.68. The van der Waals surface area contributed by atoms with Gasteiger partial charge in [-0.25, -0.2) is 0 Å². The maximum Gasteiger partial charge on any atom is 0.261 e. The summed E-state index contributed by atoms with van der Waals surface area (Å²) in [5.74, 6) is 1.80. The lowest BCUT2D eigenvalue weighted by atomic mass is 10.1. The largest absolute Gasteiger partial charge is 0.493 e. The number of ether oxygens (including phenoxy) is 2. The minimum absolute atomic E-state index is 0.0573. The first-order chi connectivity index (χ1) is 14.0. The standard InChI is InChI=1S/C22H25N3O4/c1-15(2)25(21(26)14-28-19-11-6-5-10-18(19)27-4)13-20-23-22(24-29-20)17-9-7-8-16(3)12-17/h5-12,15H,13-14H2,1-4H3. The summed E-state index contributed by atoms with van der Waals surface area (Å²) < 4.78 is 16.3. The molecule has 1 amide bonds. The average molecular weight is 395 g/mol. The number of aromatic nitrogens is 2. The summed E-state index contributed by atoms with van der Waals surface area (Å²) in [5.41, 5.74) is 1.99. The second-order valence-electron chi connectivity index (χ2n) is 6.94. The highest BCUT2D eigenvalue weighted by molar-refractivity contribution is 5.78. The second-order valence-corrected chi connectivity index (χ2v) is 6.94. The Labute approximate surface area is 170 Å². The lowest BCUT2D eigenvalue weighted by Gasteiger charge is -2.25. The molecule has 1 heterocycles. The van der Waals surface area contributed by atoms with Crippen LogP contribution in [-0.4, -0.2) is 40.7 Å². The zero-order valence-electron chi connectivity index (χ0n) is 17.1. The molecule has 0 spiro atoms. The third-order valence-corrected chi connectivity index (χ3v) is 4.41. The molecule has 152 valence electrons. The van der Waals surface area contributed by atoms with Gasteiger partial charge in [-0.05, 0) is 39.0 Å². The zero-order valence-corrected chi connectivity index (χ0v) is 17.1. The molecular formula is C22H25N3O4. The molecule has 0 radical (unpaired) electrons. The Hall–Kier alpha value is -3.35. The van der Waals surface area contributed by atoms with Gasteiger partial charge in [-0.1, -0.05) is 41.1 Å². The van der Waals surface area contributed by atoms with Gasteiger partial charge in [0.25, 0.3) is 5.91 Å². The summed E-state index contributed by atoms with van der Waals surface area (Å²) in [7, 11) is 1.56. The van der Waals surface area contributed by atoms with Crippen LogP contribution in [0.3, 0.4) is 0 Å². The molecule has 29 heavy (non-hydrogen) atoms. The molecule has 2 aromatic carbocycles. The molecular weight excluding hydrogens is 370 g/mol. The van der Waals surface area contributed by atoms with Gasteiger partial charge in [0.15, 0.2) is 18.1 Å². The highest BCUT2D eigenvalue weighted by Crippen LogP contribution is 2.26. The maximum absolute atomic E-state index is 12.8. The highest BCUT2D eigenvalue weighted by Gasteiger charge is 2.22. The number of carbonyl (C=O) groups is 1. The van der Waals surface area contributed by atoms with Crippen LogP contribution in [0.15, 0.2) is 53.1 Å². The van der Waals surface area contributed by atoms with E-state index in [1.807, 2.05) is 57.2 Å². The molecule has 0 saturated carbocycles. The topological polar surface area (TPSA) is 77.7 Å². The van der Waals surface area contributed by atoms with E-state index in [1.54, 1.807) is 24.1 Å². The molecule has 0 aliphatic carbocycles. The summed E-state index contributed by atoms with van der Waals surface area (Å²) in [6.45, 7) is 5.96. The number of hydrogen-bond acceptors (Lipinski definition) is 6. The predicted molar refractivity (Wildman–Crippen MR) is 109 cm³/mol. The second kappa shape index (κ2) is 9.23. The Morgan fingerprint density at radius 2 is 1.90 bits per heavy atom. The predicted octanol–water partition coefficient (Wildman–Crippen LogP) is 3.87. The summed E-state index contributed by atoms with van der Waals surface area (Å²) in [6.07, 6.45) is 0. The third-order valence-electron chi connectivity index (χ3n) is 4.41. The number of nitrogens with zero attached hydrogens (tertiary/aromatic N) is 3. The number of aryl methyl sites for hydroxylation is 1. The fourth-order valence-electron chi connectivity index (χ4n) is 2.89. The SMILES string of the molecule is COc1ccccc1OCC(=O)N(Cc1nc(-c2cccc(C)c2)no1)C(C)C. The van der Waals surface area contributed by atoms with Crippen molar-refractivity contribution in [2.45, 2.75) is 33.4 Å². The van der Waals surface area contributed by atoms with Crippen LogP contribution in [0.5, 0.6) is 11.5 Å². The van der Waals surface area contributed by atoms with Crippen LogP contribution < -0.4 is 9.47 Å². The third kappa shape index (κ3) is 5.13.